The summed E-state index contributed by atoms with van der Waals surface area (Å²) in [5, 5.41) is 14.0. The normalized spacial score (nSPS) is 14.4. The molecule has 3 amide bonds. The zero-order valence-corrected chi connectivity index (χ0v) is 15.6. The number of thioether (sulfide) groups is 1. The number of amides is 3. The molecule has 0 aliphatic heterocycles. The van der Waals surface area contributed by atoms with Crippen LogP contribution in [0.5, 0.6) is 0 Å². The fourth-order valence-corrected chi connectivity index (χ4v) is 2.47. The van der Waals surface area contributed by atoms with Crippen LogP contribution in [0.4, 0.5) is 0 Å². The number of carboxylic acid groups (broad SMARTS) is 1. The molecule has 0 saturated carbocycles. The Balaban J connectivity index is 4.88. The molecule has 0 heterocycles. The molecule has 0 saturated heterocycles. The third-order valence-corrected chi connectivity index (χ3v) is 4.15. The molecule has 7 N–H and O–H groups in total. The van der Waals surface area contributed by atoms with Gasteiger partial charge in [0.25, 0.3) is 0 Å². The van der Waals surface area contributed by atoms with E-state index in [0.717, 1.165) is 0 Å². The number of hydrogen-bond acceptors (Lipinski definition) is 6. The smallest absolute Gasteiger partial charge is 0.326 e. The number of carbonyl (C=O) groups excluding carboxylic acids is 3. The molecule has 0 aromatic heterocycles. The lowest BCUT2D eigenvalue weighted by Gasteiger charge is -2.25. The number of carboxylic acids is 1. The number of hydrogen-bond donors (Lipinski definition) is 5. The summed E-state index contributed by atoms with van der Waals surface area (Å²) in [4.78, 5) is 46.5. The first kappa shape index (κ1) is 23.2. The van der Waals surface area contributed by atoms with E-state index in [2.05, 4.69) is 10.6 Å². The van der Waals surface area contributed by atoms with E-state index < -0.39 is 41.8 Å². The van der Waals surface area contributed by atoms with Crippen molar-refractivity contribution in [1.29, 1.82) is 0 Å². The Morgan fingerprint density at radius 1 is 1.08 bits per heavy atom. The molecule has 0 radical (unpaired) electrons. The third kappa shape index (κ3) is 9.30. The van der Waals surface area contributed by atoms with Crippen LogP contribution < -0.4 is 22.1 Å². The largest absolute Gasteiger partial charge is 0.480 e. The molecule has 0 aliphatic rings. The summed E-state index contributed by atoms with van der Waals surface area (Å²) in [6.07, 6.45) is 2.07. The second-order valence-electron chi connectivity index (χ2n) is 6.02. The first-order valence-electron chi connectivity index (χ1n) is 7.96. The minimum absolute atomic E-state index is 0.123. The Bertz CT molecular complexity index is 487. The van der Waals surface area contributed by atoms with E-state index >= 15 is 0 Å². The molecule has 25 heavy (non-hydrogen) atoms. The van der Waals surface area contributed by atoms with Crippen molar-refractivity contribution in [3.05, 3.63) is 0 Å². The lowest BCUT2D eigenvalue weighted by Crippen LogP contribution is -2.56. The van der Waals surface area contributed by atoms with Crippen LogP contribution in [0, 0.1) is 5.92 Å². The molecule has 0 unspecified atom stereocenters. The summed E-state index contributed by atoms with van der Waals surface area (Å²) in [6, 6.07) is -2.93. The number of rotatable bonds is 12. The van der Waals surface area contributed by atoms with Crippen molar-refractivity contribution in [2.24, 2.45) is 17.4 Å². The maximum Gasteiger partial charge on any atom is 0.326 e. The monoisotopic (exact) mass is 376 g/mol. The number of nitrogens with two attached hydrogens (primary N) is 2. The predicted molar refractivity (Wildman–Crippen MR) is 95.7 cm³/mol. The minimum atomic E-state index is -1.28. The van der Waals surface area contributed by atoms with E-state index in [1.165, 1.54) is 0 Å². The first-order chi connectivity index (χ1) is 11.6. The van der Waals surface area contributed by atoms with Crippen molar-refractivity contribution in [2.45, 2.75) is 51.2 Å². The van der Waals surface area contributed by atoms with E-state index in [-0.39, 0.29) is 18.8 Å². The molecular formula is C15H28N4O5S. The van der Waals surface area contributed by atoms with Crippen molar-refractivity contribution in [2.75, 3.05) is 12.0 Å². The lowest BCUT2D eigenvalue weighted by molar-refractivity contribution is -0.142. The number of aliphatic carboxylic acids is 1. The Morgan fingerprint density at radius 3 is 2.12 bits per heavy atom. The molecule has 0 rings (SSSR count). The van der Waals surface area contributed by atoms with E-state index in [4.69, 9.17) is 16.6 Å². The Kier molecular flexibility index (Phi) is 10.8. The summed E-state index contributed by atoms with van der Waals surface area (Å²) in [6.45, 7) is 3.44. The van der Waals surface area contributed by atoms with Crippen molar-refractivity contribution < 1.29 is 24.3 Å². The van der Waals surface area contributed by atoms with Crippen LogP contribution in [0.25, 0.3) is 0 Å². The third-order valence-electron chi connectivity index (χ3n) is 3.51. The Labute approximate surface area is 151 Å². The number of carbonyl (C=O) groups is 4. The number of nitrogens with one attached hydrogen (secondary N) is 2. The van der Waals surface area contributed by atoms with Gasteiger partial charge in [-0.1, -0.05) is 13.8 Å². The molecule has 0 fully saturated rings. The molecule has 0 aromatic carbocycles. The maximum atomic E-state index is 12.4. The summed E-state index contributed by atoms with van der Waals surface area (Å²) in [5.74, 6) is -2.61. The molecule has 10 heteroatoms. The van der Waals surface area contributed by atoms with Gasteiger partial charge < -0.3 is 27.2 Å². The Morgan fingerprint density at radius 2 is 1.68 bits per heavy atom. The number of primary amides is 1. The highest BCUT2D eigenvalue weighted by Crippen LogP contribution is 2.06. The summed E-state index contributed by atoms with van der Waals surface area (Å²) >= 11 is 1.56. The van der Waals surface area contributed by atoms with Gasteiger partial charge in [0.1, 0.15) is 12.1 Å². The first-order valence-corrected chi connectivity index (χ1v) is 9.35. The highest BCUT2D eigenvalue weighted by atomic mass is 32.2. The van der Waals surface area contributed by atoms with Gasteiger partial charge in [0.15, 0.2) is 0 Å². The second kappa shape index (κ2) is 11.7. The highest BCUT2D eigenvalue weighted by molar-refractivity contribution is 7.98. The SMILES string of the molecule is CSCC[C@H](N)C(=O)N[C@H](C(=O)N[C@@H](CCC(N)=O)C(=O)O)C(C)C. The van der Waals surface area contributed by atoms with E-state index in [9.17, 15) is 19.2 Å². The summed E-state index contributed by atoms with van der Waals surface area (Å²) in [5.41, 5.74) is 10.8. The molecule has 9 nitrogen and oxygen atoms in total. The van der Waals surface area contributed by atoms with Crippen molar-refractivity contribution in [1.82, 2.24) is 10.6 Å². The Hall–Kier alpha value is -1.81. The van der Waals surface area contributed by atoms with Gasteiger partial charge >= 0.3 is 5.97 Å². The zero-order valence-electron chi connectivity index (χ0n) is 14.8. The van der Waals surface area contributed by atoms with Crippen LogP contribution in [-0.4, -0.2) is 58.9 Å². The van der Waals surface area contributed by atoms with Crippen LogP contribution in [-0.2, 0) is 19.2 Å². The van der Waals surface area contributed by atoms with E-state index in [0.29, 0.717) is 12.2 Å². The zero-order chi connectivity index (χ0) is 19.6. The second-order valence-corrected chi connectivity index (χ2v) is 7.01. The molecular weight excluding hydrogens is 348 g/mol. The quantitative estimate of drug-likeness (QED) is 0.293. The van der Waals surface area contributed by atoms with Crippen molar-refractivity contribution in [3.8, 4) is 0 Å². The van der Waals surface area contributed by atoms with Crippen LogP contribution in [0.15, 0.2) is 0 Å². The van der Waals surface area contributed by atoms with Gasteiger partial charge in [0, 0.05) is 6.42 Å². The highest BCUT2D eigenvalue weighted by Gasteiger charge is 2.29. The summed E-state index contributed by atoms with van der Waals surface area (Å²) in [7, 11) is 0. The maximum absolute atomic E-state index is 12.4. The molecule has 3 atom stereocenters. The van der Waals surface area contributed by atoms with Gasteiger partial charge in [-0.05, 0) is 30.8 Å². The molecule has 0 bridgehead atoms. The average molecular weight is 376 g/mol. The predicted octanol–water partition coefficient (Wildman–Crippen LogP) is -0.957. The van der Waals surface area contributed by atoms with E-state index in [1.54, 1.807) is 25.6 Å². The van der Waals surface area contributed by atoms with Gasteiger partial charge in [0.2, 0.25) is 17.7 Å². The minimum Gasteiger partial charge on any atom is -0.480 e. The van der Waals surface area contributed by atoms with Crippen molar-refractivity contribution >= 4 is 35.5 Å². The topological polar surface area (TPSA) is 165 Å². The molecule has 0 spiro atoms. The van der Waals surface area contributed by atoms with Crippen LogP contribution in [0.2, 0.25) is 0 Å². The van der Waals surface area contributed by atoms with Crippen molar-refractivity contribution in [3.63, 3.8) is 0 Å². The lowest BCUT2D eigenvalue weighted by atomic mass is 10.0. The van der Waals surface area contributed by atoms with Crippen LogP contribution in [0.1, 0.15) is 33.1 Å². The van der Waals surface area contributed by atoms with Crippen LogP contribution in [0.3, 0.4) is 0 Å². The van der Waals surface area contributed by atoms with Gasteiger partial charge in [-0.15, -0.1) is 0 Å². The average Bonchev–Trinajstić information content (AvgIpc) is 2.52. The van der Waals surface area contributed by atoms with Gasteiger partial charge in [-0.3, -0.25) is 14.4 Å². The van der Waals surface area contributed by atoms with Gasteiger partial charge in [-0.25, -0.2) is 4.79 Å². The molecule has 0 aromatic rings. The molecule has 144 valence electrons. The van der Waals surface area contributed by atoms with Gasteiger partial charge in [-0.2, -0.15) is 11.8 Å². The fourth-order valence-electron chi connectivity index (χ4n) is 1.98. The molecule has 0 aliphatic carbocycles. The van der Waals surface area contributed by atoms with E-state index in [1.807, 2.05) is 6.26 Å². The summed E-state index contributed by atoms with van der Waals surface area (Å²) < 4.78 is 0. The standard InChI is InChI=1S/C15H28N4O5S/c1-8(2)12(19-13(21)9(16)6-7-25-3)14(22)18-10(15(23)24)4-5-11(17)20/h8-10,12H,4-7,16H2,1-3H3,(H2,17,20)(H,18,22)(H,19,21)(H,23,24)/t9-,10-,12-/m0/s1. The van der Waals surface area contributed by atoms with Gasteiger partial charge in [0.05, 0.1) is 6.04 Å². The fraction of sp³-hybridized carbons (Fsp3) is 0.733. The van der Waals surface area contributed by atoms with Crippen LogP contribution >= 0.6 is 11.8 Å².